The Bertz CT molecular complexity index is 153. The number of piperidine rings is 1. The maximum absolute atomic E-state index is 9.64. The number of rotatable bonds is 5. The van der Waals surface area contributed by atoms with Crippen molar-refractivity contribution in [2.75, 3.05) is 19.7 Å². The fourth-order valence-corrected chi connectivity index (χ4v) is 2.91. The lowest BCUT2D eigenvalue weighted by Crippen LogP contribution is -2.44. The van der Waals surface area contributed by atoms with E-state index in [1.54, 1.807) is 0 Å². The summed E-state index contributed by atoms with van der Waals surface area (Å²) in [7, 11) is 0. The van der Waals surface area contributed by atoms with Crippen molar-refractivity contribution >= 4 is 0 Å². The minimum absolute atomic E-state index is 0.232. The maximum atomic E-state index is 9.64. The molecule has 1 aliphatic heterocycles. The Hall–Kier alpha value is -0.0800. The fourth-order valence-electron chi connectivity index (χ4n) is 2.91. The van der Waals surface area contributed by atoms with Gasteiger partial charge in [0.15, 0.2) is 0 Å². The molecule has 1 rings (SSSR count). The van der Waals surface area contributed by atoms with Gasteiger partial charge >= 0.3 is 0 Å². The number of aliphatic hydroxyl groups excluding tert-OH is 1. The average molecular weight is 229 g/mol. The summed E-state index contributed by atoms with van der Waals surface area (Å²) in [5.74, 6) is 0.722. The van der Waals surface area contributed by atoms with Crippen LogP contribution in [0.5, 0.6) is 0 Å². The molecule has 0 aromatic carbocycles. The predicted molar refractivity (Wildman–Crippen MR) is 71.7 cm³/mol. The van der Waals surface area contributed by atoms with Crippen LogP contribution in [0.1, 0.15) is 59.8 Å². The minimum atomic E-state index is 0.232. The van der Waals surface area contributed by atoms with Gasteiger partial charge in [0.2, 0.25) is 0 Å². The molecule has 1 aliphatic rings. The molecule has 0 aliphatic carbocycles. The van der Waals surface area contributed by atoms with E-state index in [4.69, 9.17) is 0 Å². The molecule has 0 saturated carbocycles. The van der Waals surface area contributed by atoms with E-state index in [-0.39, 0.29) is 5.41 Å². The SMILES string of the molecule is CC.CCCC(CC)C1(CO)CCNCC1. The van der Waals surface area contributed by atoms with Crippen LogP contribution in [0, 0.1) is 11.3 Å². The highest BCUT2D eigenvalue weighted by Gasteiger charge is 2.37. The second-order valence-corrected chi connectivity index (χ2v) is 4.66. The molecule has 0 radical (unpaired) electrons. The van der Waals surface area contributed by atoms with Crippen molar-refractivity contribution in [3.63, 3.8) is 0 Å². The van der Waals surface area contributed by atoms with Crippen LogP contribution in [0.25, 0.3) is 0 Å². The molecule has 2 nitrogen and oxygen atoms in total. The van der Waals surface area contributed by atoms with Gasteiger partial charge in [-0.1, -0.05) is 47.0 Å². The summed E-state index contributed by atoms with van der Waals surface area (Å²) in [5.41, 5.74) is 0.232. The van der Waals surface area contributed by atoms with E-state index in [0.29, 0.717) is 6.61 Å². The minimum Gasteiger partial charge on any atom is -0.396 e. The Morgan fingerprint density at radius 2 is 1.75 bits per heavy atom. The smallest absolute Gasteiger partial charge is 0.0491 e. The number of aliphatic hydroxyl groups is 1. The summed E-state index contributed by atoms with van der Waals surface area (Å²) in [6.45, 7) is 11.1. The van der Waals surface area contributed by atoms with E-state index in [9.17, 15) is 5.11 Å². The average Bonchev–Trinajstić information content (AvgIpc) is 2.39. The molecule has 0 aromatic rings. The first-order valence-electron chi connectivity index (χ1n) is 7.10. The van der Waals surface area contributed by atoms with Crippen molar-refractivity contribution in [3.8, 4) is 0 Å². The van der Waals surface area contributed by atoms with Gasteiger partial charge in [-0.3, -0.25) is 0 Å². The number of hydrogen-bond donors (Lipinski definition) is 2. The molecule has 0 bridgehead atoms. The van der Waals surface area contributed by atoms with Gasteiger partial charge in [0.05, 0.1) is 0 Å². The fraction of sp³-hybridized carbons (Fsp3) is 1.00. The zero-order valence-corrected chi connectivity index (χ0v) is 11.7. The van der Waals surface area contributed by atoms with Crippen molar-refractivity contribution in [3.05, 3.63) is 0 Å². The molecule has 1 fully saturated rings. The quantitative estimate of drug-likeness (QED) is 0.759. The van der Waals surface area contributed by atoms with Crippen LogP contribution >= 0.6 is 0 Å². The number of hydrogen-bond acceptors (Lipinski definition) is 2. The Morgan fingerprint density at radius 3 is 2.12 bits per heavy atom. The van der Waals surface area contributed by atoms with Gasteiger partial charge in [-0.15, -0.1) is 0 Å². The Kier molecular flexibility index (Phi) is 8.96. The Balaban J connectivity index is 0.00000106. The highest BCUT2D eigenvalue weighted by molar-refractivity contribution is 4.89. The molecule has 1 heterocycles. The van der Waals surface area contributed by atoms with Crippen LogP contribution in [0.4, 0.5) is 0 Å². The predicted octanol–water partition coefficient (Wildman–Crippen LogP) is 3.20. The first kappa shape index (κ1) is 15.9. The van der Waals surface area contributed by atoms with E-state index in [1.807, 2.05) is 13.8 Å². The van der Waals surface area contributed by atoms with Crippen molar-refractivity contribution in [1.29, 1.82) is 0 Å². The van der Waals surface area contributed by atoms with Crippen molar-refractivity contribution in [2.45, 2.75) is 59.8 Å². The second-order valence-electron chi connectivity index (χ2n) is 4.66. The monoisotopic (exact) mass is 229 g/mol. The third kappa shape index (κ3) is 4.06. The Morgan fingerprint density at radius 1 is 1.19 bits per heavy atom. The summed E-state index contributed by atoms with van der Waals surface area (Å²) in [6.07, 6.45) is 6.04. The zero-order valence-electron chi connectivity index (χ0n) is 11.7. The molecular weight excluding hydrogens is 198 g/mol. The van der Waals surface area contributed by atoms with Gasteiger partial charge in [-0.25, -0.2) is 0 Å². The molecule has 0 aromatic heterocycles. The van der Waals surface area contributed by atoms with Crippen molar-refractivity contribution in [1.82, 2.24) is 5.32 Å². The van der Waals surface area contributed by atoms with Gasteiger partial charge in [0, 0.05) is 6.61 Å². The van der Waals surface area contributed by atoms with Gasteiger partial charge in [-0.2, -0.15) is 0 Å². The lowest BCUT2D eigenvalue weighted by atomic mass is 9.67. The molecule has 0 spiro atoms. The Labute approximate surface area is 102 Å². The highest BCUT2D eigenvalue weighted by Crippen LogP contribution is 2.40. The third-order valence-corrected chi connectivity index (χ3v) is 3.91. The van der Waals surface area contributed by atoms with E-state index in [0.717, 1.165) is 31.8 Å². The zero-order chi connectivity index (χ0) is 12.4. The summed E-state index contributed by atoms with van der Waals surface area (Å²) in [5, 5.41) is 13.0. The van der Waals surface area contributed by atoms with Crippen molar-refractivity contribution < 1.29 is 5.11 Å². The molecule has 1 unspecified atom stereocenters. The van der Waals surface area contributed by atoms with Crippen LogP contribution < -0.4 is 5.32 Å². The molecule has 0 amide bonds. The van der Waals surface area contributed by atoms with Crippen LogP contribution in [0.15, 0.2) is 0 Å². The van der Waals surface area contributed by atoms with Gasteiger partial charge in [0.25, 0.3) is 0 Å². The van der Waals surface area contributed by atoms with E-state index >= 15 is 0 Å². The van der Waals surface area contributed by atoms with E-state index in [2.05, 4.69) is 19.2 Å². The number of nitrogens with one attached hydrogen (secondary N) is 1. The molecular formula is C14H31NO. The van der Waals surface area contributed by atoms with Crippen LogP contribution in [-0.4, -0.2) is 24.8 Å². The maximum Gasteiger partial charge on any atom is 0.0491 e. The third-order valence-electron chi connectivity index (χ3n) is 3.91. The van der Waals surface area contributed by atoms with E-state index < -0.39 is 0 Å². The molecule has 2 heteroatoms. The van der Waals surface area contributed by atoms with Crippen molar-refractivity contribution in [2.24, 2.45) is 11.3 Å². The second kappa shape index (κ2) is 9.00. The summed E-state index contributed by atoms with van der Waals surface area (Å²) in [6, 6.07) is 0. The molecule has 1 atom stereocenters. The van der Waals surface area contributed by atoms with Gasteiger partial charge in [-0.05, 0) is 37.3 Å². The molecule has 16 heavy (non-hydrogen) atoms. The van der Waals surface area contributed by atoms with Crippen LogP contribution in [-0.2, 0) is 0 Å². The molecule has 2 N–H and O–H groups in total. The largest absolute Gasteiger partial charge is 0.396 e. The van der Waals surface area contributed by atoms with Gasteiger partial charge < -0.3 is 10.4 Å². The topological polar surface area (TPSA) is 32.3 Å². The summed E-state index contributed by atoms with van der Waals surface area (Å²) < 4.78 is 0. The van der Waals surface area contributed by atoms with Gasteiger partial charge in [0.1, 0.15) is 0 Å². The van der Waals surface area contributed by atoms with Crippen LogP contribution in [0.2, 0.25) is 0 Å². The standard InChI is InChI=1S/C12H25NO.C2H6/c1-3-5-11(4-2)12(10-14)6-8-13-9-7-12;1-2/h11,13-14H,3-10H2,1-2H3;1-2H3. The summed E-state index contributed by atoms with van der Waals surface area (Å²) in [4.78, 5) is 0. The normalized spacial score (nSPS) is 20.8. The first-order chi connectivity index (χ1) is 7.79. The lowest BCUT2D eigenvalue weighted by molar-refractivity contribution is 0.0229. The first-order valence-corrected chi connectivity index (χ1v) is 7.10. The highest BCUT2D eigenvalue weighted by atomic mass is 16.3. The molecule has 98 valence electrons. The molecule has 1 saturated heterocycles. The van der Waals surface area contributed by atoms with Crippen LogP contribution in [0.3, 0.4) is 0 Å². The lowest BCUT2D eigenvalue weighted by Gasteiger charge is -2.42. The van der Waals surface area contributed by atoms with E-state index in [1.165, 1.54) is 19.3 Å². The summed E-state index contributed by atoms with van der Waals surface area (Å²) >= 11 is 0.